The van der Waals surface area contributed by atoms with Crippen LogP contribution in [-0.2, 0) is 0 Å². The van der Waals surface area contributed by atoms with Crippen LogP contribution >= 0.6 is 11.6 Å². The van der Waals surface area contributed by atoms with Gasteiger partial charge >= 0.3 is 0 Å². The van der Waals surface area contributed by atoms with E-state index in [1.54, 1.807) is 12.1 Å². The van der Waals surface area contributed by atoms with E-state index in [2.05, 4.69) is 4.98 Å². The number of methoxy groups -OCH3 is 1. The van der Waals surface area contributed by atoms with Gasteiger partial charge in [0, 0.05) is 11.5 Å². The second-order valence-electron chi connectivity index (χ2n) is 2.81. The molecule has 0 atom stereocenters. The van der Waals surface area contributed by atoms with Crippen molar-refractivity contribution >= 4 is 22.5 Å². The van der Waals surface area contributed by atoms with Gasteiger partial charge < -0.3 is 4.74 Å². The lowest BCUT2D eigenvalue weighted by Crippen LogP contribution is -1.89. The molecule has 0 saturated heterocycles. The standard InChI is InChI=1S/C10H7ClFNO/c1-14-9-5-8-6(4-7(9)12)2-3-10(11)13-8/h2-5H,1H3. The van der Waals surface area contributed by atoms with Gasteiger partial charge in [-0.25, -0.2) is 9.37 Å². The number of fused-ring (bicyclic) bond motifs is 1. The summed E-state index contributed by atoms with van der Waals surface area (Å²) in [5.41, 5.74) is 0.621. The van der Waals surface area contributed by atoms with Crippen LogP contribution in [-0.4, -0.2) is 12.1 Å². The molecule has 72 valence electrons. The average molecular weight is 212 g/mol. The Bertz CT molecular complexity index is 487. The number of aromatic nitrogens is 1. The van der Waals surface area contributed by atoms with E-state index in [1.807, 2.05) is 0 Å². The Morgan fingerprint density at radius 1 is 1.36 bits per heavy atom. The summed E-state index contributed by atoms with van der Waals surface area (Å²) in [7, 11) is 1.41. The molecule has 4 heteroatoms. The molecule has 2 nitrogen and oxygen atoms in total. The Kier molecular flexibility index (Phi) is 2.25. The number of ether oxygens (including phenoxy) is 1. The van der Waals surface area contributed by atoms with Gasteiger partial charge in [-0.3, -0.25) is 0 Å². The Morgan fingerprint density at radius 2 is 2.14 bits per heavy atom. The molecular weight excluding hydrogens is 205 g/mol. The minimum absolute atomic E-state index is 0.173. The molecule has 0 spiro atoms. The van der Waals surface area contributed by atoms with Crippen LogP contribution in [0.15, 0.2) is 24.3 Å². The Hall–Kier alpha value is -1.35. The first-order valence-electron chi connectivity index (χ1n) is 4.00. The predicted octanol–water partition coefficient (Wildman–Crippen LogP) is 3.04. The number of rotatable bonds is 1. The molecule has 0 saturated carbocycles. The van der Waals surface area contributed by atoms with Crippen LogP contribution in [0.2, 0.25) is 5.15 Å². The molecule has 14 heavy (non-hydrogen) atoms. The van der Waals surface area contributed by atoms with E-state index in [0.717, 1.165) is 0 Å². The normalized spacial score (nSPS) is 10.5. The third kappa shape index (κ3) is 1.51. The molecule has 2 aromatic rings. The second kappa shape index (κ2) is 3.42. The lowest BCUT2D eigenvalue weighted by molar-refractivity contribution is 0.387. The fraction of sp³-hybridized carbons (Fsp3) is 0.100. The van der Waals surface area contributed by atoms with E-state index < -0.39 is 5.82 Å². The van der Waals surface area contributed by atoms with E-state index in [0.29, 0.717) is 16.1 Å². The molecule has 0 fully saturated rings. The number of benzene rings is 1. The van der Waals surface area contributed by atoms with Crippen LogP contribution in [0.1, 0.15) is 0 Å². The molecule has 2 rings (SSSR count). The number of pyridine rings is 1. The fourth-order valence-electron chi connectivity index (χ4n) is 1.26. The van der Waals surface area contributed by atoms with Gasteiger partial charge in [0.15, 0.2) is 11.6 Å². The second-order valence-corrected chi connectivity index (χ2v) is 3.20. The van der Waals surface area contributed by atoms with Crippen molar-refractivity contribution in [1.82, 2.24) is 4.98 Å². The van der Waals surface area contributed by atoms with Crippen LogP contribution in [0.25, 0.3) is 10.9 Å². The first-order chi connectivity index (χ1) is 6.70. The zero-order valence-corrected chi connectivity index (χ0v) is 8.18. The van der Waals surface area contributed by atoms with Crippen molar-refractivity contribution in [3.63, 3.8) is 0 Å². The molecule has 0 amide bonds. The Balaban J connectivity index is 2.73. The molecule has 0 bridgehead atoms. The van der Waals surface area contributed by atoms with Gasteiger partial charge in [0.1, 0.15) is 5.15 Å². The van der Waals surface area contributed by atoms with Crippen LogP contribution in [0, 0.1) is 5.82 Å². The molecule has 0 aliphatic carbocycles. The molecule has 0 aliphatic heterocycles. The summed E-state index contributed by atoms with van der Waals surface area (Å²) in [6.07, 6.45) is 0. The van der Waals surface area contributed by atoms with E-state index in [-0.39, 0.29) is 5.75 Å². The summed E-state index contributed by atoms with van der Waals surface area (Å²) in [6.45, 7) is 0. The van der Waals surface area contributed by atoms with Crippen molar-refractivity contribution in [3.05, 3.63) is 35.2 Å². The quantitative estimate of drug-likeness (QED) is 0.677. The van der Waals surface area contributed by atoms with Crippen molar-refractivity contribution in [2.24, 2.45) is 0 Å². The van der Waals surface area contributed by atoms with Crippen molar-refractivity contribution < 1.29 is 9.13 Å². The highest BCUT2D eigenvalue weighted by Crippen LogP contribution is 2.24. The predicted molar refractivity (Wildman–Crippen MR) is 53.3 cm³/mol. The van der Waals surface area contributed by atoms with Crippen molar-refractivity contribution in [2.75, 3.05) is 7.11 Å². The molecule has 0 aliphatic rings. The highest BCUT2D eigenvalue weighted by molar-refractivity contribution is 6.29. The summed E-state index contributed by atoms with van der Waals surface area (Å²) in [4.78, 5) is 4.04. The lowest BCUT2D eigenvalue weighted by Gasteiger charge is -2.03. The first-order valence-corrected chi connectivity index (χ1v) is 4.38. The highest BCUT2D eigenvalue weighted by atomic mass is 35.5. The summed E-state index contributed by atoms with van der Waals surface area (Å²) >= 11 is 5.71. The lowest BCUT2D eigenvalue weighted by atomic mass is 10.2. The van der Waals surface area contributed by atoms with Crippen molar-refractivity contribution in [2.45, 2.75) is 0 Å². The molecule has 1 aromatic heterocycles. The van der Waals surface area contributed by atoms with E-state index in [9.17, 15) is 4.39 Å². The molecular formula is C10H7ClFNO. The van der Waals surface area contributed by atoms with Gasteiger partial charge in [-0.15, -0.1) is 0 Å². The zero-order valence-electron chi connectivity index (χ0n) is 7.42. The fourth-order valence-corrected chi connectivity index (χ4v) is 1.41. The van der Waals surface area contributed by atoms with Crippen LogP contribution in [0.3, 0.4) is 0 Å². The van der Waals surface area contributed by atoms with Crippen molar-refractivity contribution in [3.8, 4) is 5.75 Å². The number of nitrogens with zero attached hydrogens (tertiary/aromatic N) is 1. The van der Waals surface area contributed by atoms with E-state index in [4.69, 9.17) is 16.3 Å². The molecule has 1 aromatic carbocycles. The Morgan fingerprint density at radius 3 is 2.86 bits per heavy atom. The first kappa shape index (κ1) is 9.21. The molecule has 0 N–H and O–H groups in total. The zero-order chi connectivity index (χ0) is 10.1. The van der Waals surface area contributed by atoms with E-state index in [1.165, 1.54) is 19.2 Å². The maximum Gasteiger partial charge on any atom is 0.165 e. The SMILES string of the molecule is COc1cc2nc(Cl)ccc2cc1F. The van der Waals surface area contributed by atoms with E-state index >= 15 is 0 Å². The third-order valence-electron chi connectivity index (χ3n) is 1.93. The maximum absolute atomic E-state index is 13.2. The number of halogens is 2. The molecule has 0 radical (unpaired) electrons. The topological polar surface area (TPSA) is 22.1 Å². The van der Waals surface area contributed by atoms with Crippen LogP contribution in [0.5, 0.6) is 5.75 Å². The average Bonchev–Trinajstić information content (AvgIpc) is 2.17. The maximum atomic E-state index is 13.2. The summed E-state index contributed by atoms with van der Waals surface area (Å²) in [6, 6.07) is 6.23. The molecule has 0 unspecified atom stereocenters. The smallest absolute Gasteiger partial charge is 0.165 e. The number of hydrogen-bond acceptors (Lipinski definition) is 2. The van der Waals surface area contributed by atoms with Gasteiger partial charge in [-0.05, 0) is 18.2 Å². The summed E-state index contributed by atoms with van der Waals surface area (Å²) in [5, 5.41) is 1.08. The van der Waals surface area contributed by atoms with Gasteiger partial charge in [-0.2, -0.15) is 0 Å². The Labute approximate surface area is 85.3 Å². The number of hydrogen-bond donors (Lipinski definition) is 0. The summed E-state index contributed by atoms with van der Waals surface area (Å²) in [5.74, 6) is -0.226. The monoisotopic (exact) mass is 211 g/mol. The van der Waals surface area contributed by atoms with Gasteiger partial charge in [-0.1, -0.05) is 11.6 Å². The molecule has 1 heterocycles. The highest BCUT2D eigenvalue weighted by Gasteiger charge is 2.05. The van der Waals surface area contributed by atoms with Crippen LogP contribution in [0.4, 0.5) is 4.39 Å². The van der Waals surface area contributed by atoms with Crippen LogP contribution < -0.4 is 4.74 Å². The van der Waals surface area contributed by atoms with Gasteiger partial charge in [0.05, 0.1) is 12.6 Å². The van der Waals surface area contributed by atoms with Gasteiger partial charge in [0.2, 0.25) is 0 Å². The minimum atomic E-state index is -0.399. The van der Waals surface area contributed by atoms with Crippen molar-refractivity contribution in [1.29, 1.82) is 0 Å². The third-order valence-corrected chi connectivity index (χ3v) is 2.14. The summed E-state index contributed by atoms with van der Waals surface area (Å²) < 4.78 is 18.1. The van der Waals surface area contributed by atoms with Gasteiger partial charge in [0.25, 0.3) is 0 Å². The largest absolute Gasteiger partial charge is 0.494 e. The minimum Gasteiger partial charge on any atom is -0.494 e.